The molecular formula is C71H56N2O2. The number of ether oxygens (including phenoxy) is 1. The molecule has 75 heavy (non-hydrogen) atoms. The molecule has 1 aromatic heterocycles. The van der Waals surface area contributed by atoms with Crippen LogP contribution in [0.25, 0.3) is 76.5 Å². The maximum absolute atomic E-state index is 6.57. The second-order valence-corrected chi connectivity index (χ2v) is 20.5. The number of aryl methyl sites for hydroxylation is 6. The number of rotatable bonds is 8. The molecule has 11 aromatic carbocycles. The first kappa shape index (κ1) is 45.7. The number of nitrogens with zero attached hydrogens (tertiary/aromatic N) is 2. The number of hydrogen-bond donors (Lipinski definition) is 0. The summed E-state index contributed by atoms with van der Waals surface area (Å²) in [4.78, 5) is 4.98. The van der Waals surface area contributed by atoms with Crippen molar-refractivity contribution in [1.29, 1.82) is 0 Å². The highest BCUT2D eigenvalue weighted by Gasteiger charge is 2.26. The monoisotopic (exact) mass is 968 g/mol. The number of para-hydroxylation sites is 3. The first-order valence-corrected chi connectivity index (χ1v) is 25.9. The van der Waals surface area contributed by atoms with Crippen LogP contribution in [0.4, 0.5) is 34.1 Å². The summed E-state index contributed by atoms with van der Waals surface area (Å²) in [6.07, 6.45) is 6.34. The average Bonchev–Trinajstić information content (AvgIpc) is 3.84. The Hall–Kier alpha value is -9.12. The molecule has 0 unspecified atom stereocenters. The Morgan fingerprint density at radius 2 is 0.973 bits per heavy atom. The van der Waals surface area contributed by atoms with Crippen molar-refractivity contribution in [3.63, 3.8) is 0 Å². The number of anilines is 6. The Kier molecular flexibility index (Phi) is 11.0. The van der Waals surface area contributed by atoms with Crippen LogP contribution in [-0.2, 0) is 0 Å². The molecule has 4 nitrogen and oxygen atoms in total. The van der Waals surface area contributed by atoms with E-state index in [4.69, 9.17) is 9.15 Å². The summed E-state index contributed by atoms with van der Waals surface area (Å²) in [5, 5.41) is 9.58. The van der Waals surface area contributed by atoms with E-state index in [0.717, 1.165) is 89.5 Å². The van der Waals surface area contributed by atoms with Gasteiger partial charge in [0, 0.05) is 44.0 Å². The summed E-state index contributed by atoms with van der Waals surface area (Å²) in [5.41, 5.74) is 22.2. The van der Waals surface area contributed by atoms with E-state index in [1.54, 1.807) is 0 Å². The Labute approximate surface area is 438 Å². The standard InChI is InChI=1S/C71H56N2O2/c1-43-16-12-20-55(36-43)72(69-46(4)38-53(39-47(69)5)52-19-14-18-45(3)57-22-8-10-26-65(57)74-42-52)63-34-30-50-29-33-62-64(35-31-51-28-32-61(63)67(50)68(51)62)73(56-21-13-17-44(2)37-56)70-48(6)40-54(41-49(70)7)58-24-15-25-60-59-23-9-11-27-66(59)75-71(58)60/h8-41H,3,42H2,1-2,4-7H3/b18-14-,52-19+. The van der Waals surface area contributed by atoms with Crippen LogP contribution < -0.4 is 14.5 Å². The van der Waals surface area contributed by atoms with Gasteiger partial charge >= 0.3 is 0 Å². The number of allylic oxidation sites excluding steroid dienone is 4. The minimum atomic E-state index is 0.442. The summed E-state index contributed by atoms with van der Waals surface area (Å²) in [7, 11) is 0. The quantitative estimate of drug-likeness (QED) is 0.142. The Morgan fingerprint density at radius 3 is 1.59 bits per heavy atom. The van der Waals surface area contributed by atoms with Gasteiger partial charge in [-0.1, -0.05) is 140 Å². The van der Waals surface area contributed by atoms with E-state index in [9.17, 15) is 0 Å². The van der Waals surface area contributed by atoms with Crippen LogP contribution in [0.2, 0.25) is 0 Å². The van der Waals surface area contributed by atoms with Crippen molar-refractivity contribution in [2.24, 2.45) is 0 Å². The summed E-state index contributed by atoms with van der Waals surface area (Å²) in [6, 6.07) is 68.7. The number of hydrogen-bond acceptors (Lipinski definition) is 4. The summed E-state index contributed by atoms with van der Waals surface area (Å²) in [6.45, 7) is 18.1. The van der Waals surface area contributed by atoms with Gasteiger partial charge in [0.1, 0.15) is 23.5 Å². The predicted molar refractivity (Wildman–Crippen MR) is 319 cm³/mol. The molecule has 0 N–H and O–H groups in total. The Morgan fingerprint density at radius 1 is 0.453 bits per heavy atom. The molecule has 0 aliphatic carbocycles. The fourth-order valence-corrected chi connectivity index (χ4v) is 12.0. The van der Waals surface area contributed by atoms with Crippen LogP contribution >= 0.6 is 0 Å². The van der Waals surface area contributed by atoms with Gasteiger partial charge in [-0.05, 0) is 192 Å². The Balaban J connectivity index is 0.970. The molecule has 0 amide bonds. The van der Waals surface area contributed by atoms with Crippen LogP contribution in [-0.4, -0.2) is 6.61 Å². The zero-order chi connectivity index (χ0) is 51.1. The minimum Gasteiger partial charge on any atom is -0.488 e. The molecule has 0 spiro atoms. The number of fused-ring (bicyclic) bond motifs is 4. The third kappa shape index (κ3) is 7.75. The van der Waals surface area contributed by atoms with Gasteiger partial charge in [0.15, 0.2) is 0 Å². The van der Waals surface area contributed by atoms with Gasteiger partial charge in [-0.25, -0.2) is 0 Å². The lowest BCUT2D eigenvalue weighted by Gasteiger charge is -2.32. The third-order valence-electron chi connectivity index (χ3n) is 15.3. The smallest absolute Gasteiger partial charge is 0.143 e. The van der Waals surface area contributed by atoms with Gasteiger partial charge in [-0.15, -0.1) is 0 Å². The first-order chi connectivity index (χ1) is 36.6. The first-order valence-electron chi connectivity index (χ1n) is 25.9. The highest BCUT2D eigenvalue weighted by Crippen LogP contribution is 2.50. The maximum atomic E-state index is 6.57. The summed E-state index contributed by atoms with van der Waals surface area (Å²) >= 11 is 0. The highest BCUT2D eigenvalue weighted by atomic mass is 16.5. The molecule has 12 aromatic rings. The molecule has 0 saturated heterocycles. The van der Waals surface area contributed by atoms with Crippen molar-refractivity contribution in [2.45, 2.75) is 41.5 Å². The van der Waals surface area contributed by atoms with E-state index in [1.165, 1.54) is 71.4 Å². The molecular weight excluding hydrogens is 913 g/mol. The molecule has 0 saturated carbocycles. The fourth-order valence-electron chi connectivity index (χ4n) is 12.0. The van der Waals surface area contributed by atoms with E-state index in [2.05, 4.69) is 240 Å². The van der Waals surface area contributed by atoms with E-state index in [-0.39, 0.29) is 0 Å². The summed E-state index contributed by atoms with van der Waals surface area (Å²) in [5.74, 6) is 0.841. The molecule has 1 aliphatic rings. The highest BCUT2D eigenvalue weighted by molar-refractivity contribution is 6.28. The van der Waals surface area contributed by atoms with E-state index >= 15 is 0 Å². The number of furan rings is 1. The molecule has 13 rings (SSSR count). The normalized spacial score (nSPS) is 13.9. The molecule has 0 radical (unpaired) electrons. The second-order valence-electron chi connectivity index (χ2n) is 20.5. The lowest BCUT2D eigenvalue weighted by Crippen LogP contribution is -2.15. The van der Waals surface area contributed by atoms with Gasteiger partial charge < -0.3 is 19.0 Å². The van der Waals surface area contributed by atoms with Crippen LogP contribution in [0.3, 0.4) is 0 Å². The molecule has 0 fully saturated rings. The predicted octanol–water partition coefficient (Wildman–Crippen LogP) is 20.0. The van der Waals surface area contributed by atoms with E-state index in [0.29, 0.717) is 6.61 Å². The van der Waals surface area contributed by atoms with Gasteiger partial charge in [0.25, 0.3) is 0 Å². The molecule has 1 aliphatic heterocycles. The van der Waals surface area contributed by atoms with Crippen LogP contribution in [0.1, 0.15) is 44.5 Å². The van der Waals surface area contributed by atoms with Gasteiger partial charge in [-0.2, -0.15) is 0 Å². The topological polar surface area (TPSA) is 28.9 Å². The largest absolute Gasteiger partial charge is 0.488 e. The molecule has 0 atom stereocenters. The van der Waals surface area contributed by atoms with Crippen LogP contribution in [0.15, 0.2) is 217 Å². The lowest BCUT2D eigenvalue weighted by atomic mass is 9.90. The minimum absolute atomic E-state index is 0.442. The molecule has 2 heterocycles. The van der Waals surface area contributed by atoms with Crippen molar-refractivity contribution in [3.05, 3.63) is 257 Å². The fraction of sp³-hybridized carbons (Fsp3) is 0.0986. The van der Waals surface area contributed by atoms with Crippen molar-refractivity contribution < 1.29 is 9.15 Å². The van der Waals surface area contributed by atoms with Crippen molar-refractivity contribution in [2.75, 3.05) is 16.4 Å². The van der Waals surface area contributed by atoms with E-state index < -0.39 is 0 Å². The van der Waals surface area contributed by atoms with Gasteiger partial charge in [-0.3, -0.25) is 0 Å². The number of benzene rings is 11. The zero-order valence-electron chi connectivity index (χ0n) is 43.3. The van der Waals surface area contributed by atoms with Gasteiger partial charge in [0.2, 0.25) is 0 Å². The van der Waals surface area contributed by atoms with Crippen molar-refractivity contribution in [3.8, 4) is 16.9 Å². The molecule has 0 bridgehead atoms. The average molecular weight is 969 g/mol. The molecule has 4 heteroatoms. The lowest BCUT2D eigenvalue weighted by molar-refractivity contribution is 0.369. The SMILES string of the molecule is C=C1/C=C\C=C(\c2cc(C)c(N(c3cccc(C)c3)c3ccc4ccc5c(N(c6cccc(C)c6)c6c(C)cc(-c7cccc8c7oc7ccccc78)cc6C)ccc6ccc3c4c65)c(C)c2)COc2ccccc21. The maximum Gasteiger partial charge on any atom is 0.143 e. The third-order valence-corrected chi connectivity index (χ3v) is 15.3. The van der Waals surface area contributed by atoms with Crippen LogP contribution in [0, 0.1) is 41.5 Å². The van der Waals surface area contributed by atoms with Crippen LogP contribution in [0.5, 0.6) is 5.75 Å². The van der Waals surface area contributed by atoms with Gasteiger partial charge in [0.05, 0.1) is 22.7 Å². The Bertz CT molecular complexity index is 4310. The zero-order valence-corrected chi connectivity index (χ0v) is 43.3. The molecule has 362 valence electrons. The van der Waals surface area contributed by atoms with Crippen molar-refractivity contribution >= 4 is 99.5 Å². The van der Waals surface area contributed by atoms with E-state index in [1.807, 2.05) is 24.3 Å². The van der Waals surface area contributed by atoms with Crippen molar-refractivity contribution in [1.82, 2.24) is 0 Å². The second kappa shape index (κ2) is 18.1. The summed E-state index contributed by atoms with van der Waals surface area (Å²) < 4.78 is 13.1.